The Bertz CT molecular complexity index is 634. The molecule has 0 saturated heterocycles. The highest BCUT2D eigenvalue weighted by atomic mass is 79.9. The first kappa shape index (κ1) is 10.6. The summed E-state index contributed by atoms with van der Waals surface area (Å²) in [6.07, 6.45) is 2.38. The molecule has 3 nitrogen and oxygen atoms in total. The molecule has 0 fully saturated rings. The lowest BCUT2D eigenvalue weighted by Crippen LogP contribution is -2.13. The second kappa shape index (κ2) is 4.04. The second-order valence-corrected chi connectivity index (χ2v) is 4.93. The number of rotatable bonds is 0. The molecule has 0 saturated carbocycles. The first-order chi connectivity index (χ1) is 8.24. The van der Waals surface area contributed by atoms with Crippen molar-refractivity contribution in [3.63, 3.8) is 0 Å². The van der Waals surface area contributed by atoms with Gasteiger partial charge in [-0.2, -0.15) is 0 Å². The van der Waals surface area contributed by atoms with Crippen molar-refractivity contribution in [2.24, 2.45) is 0 Å². The third-order valence-electron chi connectivity index (χ3n) is 2.92. The van der Waals surface area contributed by atoms with Gasteiger partial charge in [0, 0.05) is 34.4 Å². The Morgan fingerprint density at radius 1 is 1.29 bits per heavy atom. The summed E-state index contributed by atoms with van der Waals surface area (Å²) in [5, 5.41) is 0. The van der Waals surface area contributed by atoms with E-state index in [-0.39, 0.29) is 5.43 Å². The lowest BCUT2D eigenvalue weighted by molar-refractivity contribution is 0.305. The van der Waals surface area contributed by atoms with E-state index < -0.39 is 0 Å². The van der Waals surface area contributed by atoms with Gasteiger partial charge in [-0.3, -0.25) is 4.79 Å². The van der Waals surface area contributed by atoms with E-state index in [0.717, 1.165) is 27.0 Å². The Morgan fingerprint density at radius 2 is 2.18 bits per heavy atom. The number of fused-ring (bicyclic) bond motifs is 2. The minimum atomic E-state index is 0.0330. The van der Waals surface area contributed by atoms with Crippen LogP contribution in [0, 0.1) is 0 Å². The third kappa shape index (κ3) is 1.89. The summed E-state index contributed by atoms with van der Waals surface area (Å²) < 4.78 is 6.69. The zero-order valence-corrected chi connectivity index (χ0v) is 10.6. The van der Waals surface area contributed by atoms with Crippen LogP contribution in [0.4, 0.5) is 0 Å². The van der Waals surface area contributed by atoms with E-state index >= 15 is 0 Å². The molecule has 1 aromatic heterocycles. The monoisotopic (exact) mass is 291 g/mol. The lowest BCUT2D eigenvalue weighted by Gasteiger charge is -2.06. The largest absolute Gasteiger partial charge is 0.488 e. The Labute approximate surface area is 107 Å². The van der Waals surface area contributed by atoms with Crippen molar-refractivity contribution < 1.29 is 4.74 Å². The summed E-state index contributed by atoms with van der Waals surface area (Å²) in [6, 6.07) is 7.43. The van der Waals surface area contributed by atoms with Gasteiger partial charge in [-0.15, -0.1) is 0 Å². The summed E-state index contributed by atoms with van der Waals surface area (Å²) in [5.41, 5.74) is 2.78. The number of H-pyrrole nitrogens is 1. The van der Waals surface area contributed by atoms with E-state index in [0.29, 0.717) is 13.0 Å². The van der Waals surface area contributed by atoms with Gasteiger partial charge in [0.05, 0.1) is 5.56 Å². The number of benzene rings is 1. The fourth-order valence-corrected chi connectivity index (χ4v) is 2.45. The van der Waals surface area contributed by atoms with E-state index in [9.17, 15) is 4.79 Å². The SMILES string of the molecule is O=c1cc[nH]c2c1COc1ccc(Br)cc1C2. The third-order valence-corrected chi connectivity index (χ3v) is 3.41. The summed E-state index contributed by atoms with van der Waals surface area (Å²) in [6.45, 7) is 0.333. The normalized spacial score (nSPS) is 13.2. The number of hydrogen-bond acceptors (Lipinski definition) is 2. The summed E-state index contributed by atoms with van der Waals surface area (Å²) in [5.74, 6) is 0.845. The Hall–Kier alpha value is -1.55. The molecule has 17 heavy (non-hydrogen) atoms. The van der Waals surface area contributed by atoms with Gasteiger partial charge < -0.3 is 9.72 Å². The quantitative estimate of drug-likeness (QED) is 0.811. The molecule has 0 radical (unpaired) electrons. The zero-order chi connectivity index (χ0) is 11.8. The van der Waals surface area contributed by atoms with Crippen LogP contribution in [0.25, 0.3) is 0 Å². The Kier molecular flexibility index (Phi) is 2.52. The standard InChI is InChI=1S/C13H10BrNO2/c14-9-1-2-13-8(5-9)6-11-10(7-17-13)12(16)3-4-15-11/h1-5H,6-7H2,(H,15,16). The fraction of sp³-hybridized carbons (Fsp3) is 0.154. The average Bonchev–Trinajstić information content (AvgIpc) is 2.48. The molecular weight excluding hydrogens is 282 g/mol. The van der Waals surface area contributed by atoms with Gasteiger partial charge in [0.1, 0.15) is 12.4 Å². The zero-order valence-electron chi connectivity index (χ0n) is 9.00. The summed E-state index contributed by atoms with van der Waals surface area (Å²) in [4.78, 5) is 14.9. The van der Waals surface area contributed by atoms with Gasteiger partial charge in [0.2, 0.25) is 0 Å². The van der Waals surface area contributed by atoms with Crippen LogP contribution in [0.1, 0.15) is 16.8 Å². The number of halogens is 1. The molecule has 86 valence electrons. The maximum atomic E-state index is 11.7. The van der Waals surface area contributed by atoms with Crippen molar-refractivity contribution >= 4 is 15.9 Å². The van der Waals surface area contributed by atoms with Crippen LogP contribution in [0.5, 0.6) is 5.75 Å². The second-order valence-electron chi connectivity index (χ2n) is 4.02. The first-order valence-corrected chi connectivity index (χ1v) is 6.14. The Balaban J connectivity index is 2.15. The van der Waals surface area contributed by atoms with Gasteiger partial charge in [-0.1, -0.05) is 15.9 Å². The highest BCUT2D eigenvalue weighted by Crippen LogP contribution is 2.28. The molecule has 2 aromatic rings. The smallest absolute Gasteiger partial charge is 0.188 e. The minimum Gasteiger partial charge on any atom is -0.488 e. The van der Waals surface area contributed by atoms with Crippen LogP contribution < -0.4 is 10.2 Å². The lowest BCUT2D eigenvalue weighted by atomic mass is 10.1. The highest BCUT2D eigenvalue weighted by molar-refractivity contribution is 9.10. The van der Waals surface area contributed by atoms with E-state index in [1.807, 2.05) is 18.2 Å². The summed E-state index contributed by atoms with van der Waals surface area (Å²) >= 11 is 3.44. The molecule has 1 aliphatic rings. The van der Waals surface area contributed by atoms with Crippen molar-refractivity contribution in [3.05, 3.63) is 62.0 Å². The van der Waals surface area contributed by atoms with Crippen molar-refractivity contribution in [3.8, 4) is 5.75 Å². The first-order valence-electron chi connectivity index (χ1n) is 5.35. The van der Waals surface area contributed by atoms with Crippen molar-refractivity contribution in [1.29, 1.82) is 0 Å². The molecule has 1 aliphatic heterocycles. The van der Waals surface area contributed by atoms with Crippen LogP contribution in [-0.4, -0.2) is 4.98 Å². The van der Waals surface area contributed by atoms with Crippen molar-refractivity contribution in [1.82, 2.24) is 4.98 Å². The fourth-order valence-electron chi connectivity index (χ4n) is 2.04. The molecule has 3 rings (SSSR count). The maximum Gasteiger partial charge on any atom is 0.188 e. The molecule has 0 unspecified atom stereocenters. The van der Waals surface area contributed by atoms with Crippen LogP contribution in [0.3, 0.4) is 0 Å². The average molecular weight is 292 g/mol. The van der Waals surface area contributed by atoms with Gasteiger partial charge in [-0.05, 0) is 18.2 Å². The van der Waals surface area contributed by atoms with E-state index in [4.69, 9.17) is 4.74 Å². The molecular formula is C13H10BrNO2. The van der Waals surface area contributed by atoms with E-state index in [1.165, 1.54) is 6.07 Å². The van der Waals surface area contributed by atoms with Gasteiger partial charge >= 0.3 is 0 Å². The van der Waals surface area contributed by atoms with Crippen LogP contribution in [0.2, 0.25) is 0 Å². The maximum absolute atomic E-state index is 11.7. The predicted molar refractivity (Wildman–Crippen MR) is 68.3 cm³/mol. The van der Waals surface area contributed by atoms with Crippen LogP contribution in [0.15, 0.2) is 39.7 Å². The van der Waals surface area contributed by atoms with Crippen molar-refractivity contribution in [2.45, 2.75) is 13.0 Å². The van der Waals surface area contributed by atoms with Gasteiger partial charge in [0.25, 0.3) is 0 Å². The number of aromatic nitrogens is 1. The highest BCUT2D eigenvalue weighted by Gasteiger charge is 2.16. The minimum absolute atomic E-state index is 0.0330. The molecule has 0 spiro atoms. The molecule has 1 aromatic carbocycles. The Morgan fingerprint density at radius 3 is 3.06 bits per heavy atom. The van der Waals surface area contributed by atoms with E-state index in [2.05, 4.69) is 20.9 Å². The van der Waals surface area contributed by atoms with E-state index in [1.54, 1.807) is 6.20 Å². The van der Waals surface area contributed by atoms with Crippen LogP contribution >= 0.6 is 15.9 Å². The molecule has 0 atom stereocenters. The number of ether oxygens (including phenoxy) is 1. The molecule has 0 bridgehead atoms. The molecule has 0 aliphatic carbocycles. The molecule has 0 amide bonds. The molecule has 2 heterocycles. The number of nitrogens with one attached hydrogen (secondary N) is 1. The number of pyridine rings is 1. The molecule has 1 N–H and O–H groups in total. The summed E-state index contributed by atoms with van der Waals surface area (Å²) in [7, 11) is 0. The van der Waals surface area contributed by atoms with Crippen molar-refractivity contribution in [2.75, 3.05) is 0 Å². The predicted octanol–water partition coefficient (Wildman–Crippen LogP) is 2.62. The van der Waals surface area contributed by atoms with Gasteiger partial charge in [0.15, 0.2) is 5.43 Å². The van der Waals surface area contributed by atoms with Gasteiger partial charge in [-0.25, -0.2) is 0 Å². The van der Waals surface area contributed by atoms with Crippen LogP contribution in [-0.2, 0) is 13.0 Å². The topological polar surface area (TPSA) is 42.1 Å². The number of hydrogen-bond donors (Lipinski definition) is 1. The number of aromatic amines is 1. The molecule has 4 heteroatoms.